The van der Waals surface area contributed by atoms with Gasteiger partial charge in [-0.2, -0.15) is 0 Å². The number of carbonyl (C=O) groups is 2. The van der Waals surface area contributed by atoms with Crippen molar-refractivity contribution in [3.8, 4) is 11.5 Å². The smallest absolute Gasteiger partial charge is 0.262 e. The summed E-state index contributed by atoms with van der Waals surface area (Å²) in [6.07, 6.45) is 15.3. The molecule has 1 aliphatic heterocycles. The molecule has 0 unspecified atom stereocenters. The van der Waals surface area contributed by atoms with Crippen molar-refractivity contribution in [1.29, 1.82) is 0 Å². The number of Topliss-reactive ketones (excluding diaryl/α,β-unsaturated/α-hetero) is 1. The number of para-hydroxylation sites is 1. The van der Waals surface area contributed by atoms with Gasteiger partial charge in [0.05, 0.1) is 18.0 Å². The van der Waals surface area contributed by atoms with Crippen LogP contribution in [0.2, 0.25) is 0 Å². The van der Waals surface area contributed by atoms with Crippen LogP contribution >= 0.6 is 28.7 Å². The van der Waals surface area contributed by atoms with E-state index >= 15 is 0 Å². The quantitative estimate of drug-likeness (QED) is 0.105. The van der Waals surface area contributed by atoms with Gasteiger partial charge in [0.25, 0.3) is 5.91 Å². The van der Waals surface area contributed by atoms with Crippen molar-refractivity contribution in [2.45, 2.75) is 104 Å². The first kappa shape index (κ1) is 36.7. The summed E-state index contributed by atoms with van der Waals surface area (Å²) in [4.78, 5) is 27.3. The van der Waals surface area contributed by atoms with Gasteiger partial charge in [0.15, 0.2) is 23.9 Å². The number of unbranched alkanes of at least 4 members (excludes halogenated alkanes) is 11. The molecule has 0 aromatic heterocycles. The number of benzene rings is 2. The van der Waals surface area contributed by atoms with Gasteiger partial charge in [-0.3, -0.25) is 9.59 Å². The average molecular weight is 676 g/mol. The number of nitrogens with one attached hydrogen (secondary N) is 1. The van der Waals surface area contributed by atoms with E-state index in [1.165, 1.54) is 76.8 Å². The van der Waals surface area contributed by atoms with Gasteiger partial charge in [0.2, 0.25) is 0 Å². The van der Waals surface area contributed by atoms with E-state index in [-0.39, 0.29) is 35.3 Å². The summed E-state index contributed by atoms with van der Waals surface area (Å²) in [5.74, 6) is 1.43. The zero-order chi connectivity index (χ0) is 30.0. The minimum Gasteiger partial charge on any atom is -0.489 e. The molecule has 6 nitrogen and oxygen atoms in total. The highest BCUT2D eigenvalue weighted by molar-refractivity contribution is 8.93. The van der Waals surface area contributed by atoms with Crippen molar-refractivity contribution in [1.82, 2.24) is 4.90 Å². The summed E-state index contributed by atoms with van der Waals surface area (Å²) < 4.78 is 11.9. The second-order valence-electron chi connectivity index (χ2n) is 11.2. The number of hydrogen-bond acceptors (Lipinski definition) is 6. The number of ketones is 1. The maximum atomic E-state index is 12.7. The Hall–Kier alpha value is -2.45. The van der Waals surface area contributed by atoms with Crippen molar-refractivity contribution in [3.05, 3.63) is 64.7 Å². The molecule has 43 heavy (non-hydrogen) atoms. The summed E-state index contributed by atoms with van der Waals surface area (Å²) in [5, 5.41) is 5.10. The molecule has 1 heterocycles. The third kappa shape index (κ3) is 13.8. The number of anilines is 1. The standard InChI is InChI=1S/C35H50N2O4S.BrH/c1-4-5-6-7-8-9-10-11-12-13-14-15-22-40-35-32(29(3)38)20-17-21-33(35)41-25-34(39)36-31-19-16-18-30(23-31)24-37-27-42-26-28(37)2;/h16-21,23,26H,4-15,22,24-25,27H2,1-3H3,(H,36,39);1H. The van der Waals surface area contributed by atoms with E-state index in [4.69, 9.17) is 9.47 Å². The Balaban J connectivity index is 0.00000645. The van der Waals surface area contributed by atoms with Crippen LogP contribution in [0.4, 0.5) is 5.69 Å². The van der Waals surface area contributed by atoms with Gasteiger partial charge in [0, 0.05) is 17.9 Å². The first-order chi connectivity index (χ1) is 20.5. The molecule has 2 aromatic carbocycles. The number of ether oxygens (including phenoxy) is 2. The Labute approximate surface area is 274 Å². The summed E-state index contributed by atoms with van der Waals surface area (Å²) in [7, 11) is 0. The molecule has 1 aliphatic rings. The Kier molecular flexibility index (Phi) is 18.2. The molecule has 2 aromatic rings. The SMILES string of the molecule is Br.CCCCCCCCCCCCCCOc1c(OCC(=O)Nc2cccc(CN3CSC=C3C)c2)cccc1C(C)=O. The molecule has 8 heteroatoms. The third-order valence-electron chi connectivity index (χ3n) is 7.53. The molecule has 1 N–H and O–H groups in total. The number of halogens is 1. The lowest BCUT2D eigenvalue weighted by molar-refractivity contribution is -0.118. The summed E-state index contributed by atoms with van der Waals surface area (Å²) in [5.41, 5.74) is 3.60. The molecule has 0 saturated heterocycles. The summed E-state index contributed by atoms with van der Waals surface area (Å²) in [6.45, 7) is 7.03. The van der Waals surface area contributed by atoms with E-state index in [0.717, 1.165) is 36.5 Å². The number of rotatable bonds is 21. The maximum Gasteiger partial charge on any atom is 0.262 e. The van der Waals surface area contributed by atoms with Crippen LogP contribution in [0.1, 0.15) is 114 Å². The molecule has 1 amide bonds. The molecule has 0 fully saturated rings. The minimum atomic E-state index is -0.264. The van der Waals surface area contributed by atoms with E-state index in [0.29, 0.717) is 23.7 Å². The Morgan fingerprint density at radius 1 is 0.884 bits per heavy atom. The normalized spacial score (nSPS) is 12.4. The number of nitrogens with zero attached hydrogens (tertiary/aromatic N) is 1. The topological polar surface area (TPSA) is 67.9 Å². The Bertz CT molecular complexity index is 1160. The molecule has 0 saturated carbocycles. The summed E-state index contributed by atoms with van der Waals surface area (Å²) in [6, 6.07) is 13.1. The highest BCUT2D eigenvalue weighted by atomic mass is 79.9. The van der Waals surface area contributed by atoms with Crippen molar-refractivity contribution >= 4 is 46.1 Å². The van der Waals surface area contributed by atoms with Gasteiger partial charge in [-0.25, -0.2) is 0 Å². The molecule has 3 rings (SSSR count). The molecule has 0 spiro atoms. The predicted molar refractivity (Wildman–Crippen MR) is 186 cm³/mol. The van der Waals surface area contributed by atoms with Crippen molar-refractivity contribution in [2.75, 3.05) is 24.4 Å². The first-order valence-corrected chi connectivity index (χ1v) is 16.8. The van der Waals surface area contributed by atoms with Crippen LogP contribution in [0.3, 0.4) is 0 Å². The van der Waals surface area contributed by atoms with E-state index in [2.05, 4.69) is 35.5 Å². The fourth-order valence-corrected chi connectivity index (χ4v) is 6.02. The second-order valence-corrected chi connectivity index (χ2v) is 12.0. The predicted octanol–water partition coefficient (Wildman–Crippen LogP) is 9.93. The van der Waals surface area contributed by atoms with Crippen LogP contribution in [0, 0.1) is 0 Å². The van der Waals surface area contributed by atoms with Gasteiger partial charge >= 0.3 is 0 Å². The largest absolute Gasteiger partial charge is 0.489 e. The van der Waals surface area contributed by atoms with Crippen molar-refractivity contribution < 1.29 is 19.1 Å². The van der Waals surface area contributed by atoms with Crippen LogP contribution in [0.15, 0.2) is 53.6 Å². The van der Waals surface area contributed by atoms with E-state index in [1.807, 2.05) is 18.2 Å². The number of thioether (sulfide) groups is 1. The third-order valence-corrected chi connectivity index (χ3v) is 8.50. The summed E-state index contributed by atoms with van der Waals surface area (Å²) >= 11 is 1.79. The Morgan fingerprint density at radius 2 is 1.53 bits per heavy atom. The second kappa shape index (κ2) is 21.3. The monoisotopic (exact) mass is 674 g/mol. The lowest BCUT2D eigenvalue weighted by Gasteiger charge is -2.19. The van der Waals surface area contributed by atoms with Gasteiger partial charge in [0.1, 0.15) is 0 Å². The van der Waals surface area contributed by atoms with E-state index in [9.17, 15) is 9.59 Å². The van der Waals surface area contributed by atoms with Crippen molar-refractivity contribution in [3.63, 3.8) is 0 Å². The lowest BCUT2D eigenvalue weighted by atomic mass is 10.1. The molecule has 0 bridgehead atoms. The van der Waals surface area contributed by atoms with Crippen LogP contribution in [-0.2, 0) is 11.3 Å². The van der Waals surface area contributed by atoms with Crippen LogP contribution in [0.25, 0.3) is 0 Å². The number of hydrogen-bond donors (Lipinski definition) is 1. The van der Waals surface area contributed by atoms with Gasteiger partial charge in [-0.05, 0) is 55.5 Å². The minimum absolute atomic E-state index is 0. The fraction of sp³-hybridized carbons (Fsp3) is 0.543. The Morgan fingerprint density at radius 3 is 2.16 bits per heavy atom. The number of amides is 1. The molecule has 0 radical (unpaired) electrons. The highest BCUT2D eigenvalue weighted by Gasteiger charge is 2.16. The van der Waals surface area contributed by atoms with Gasteiger partial charge < -0.3 is 19.7 Å². The van der Waals surface area contributed by atoms with E-state index in [1.54, 1.807) is 30.0 Å². The van der Waals surface area contributed by atoms with Crippen LogP contribution in [-0.4, -0.2) is 35.7 Å². The van der Waals surface area contributed by atoms with Crippen molar-refractivity contribution in [2.24, 2.45) is 0 Å². The van der Waals surface area contributed by atoms with Gasteiger partial charge in [-0.15, -0.1) is 28.7 Å². The molecule has 0 atom stereocenters. The maximum absolute atomic E-state index is 12.7. The molecule has 0 aliphatic carbocycles. The molecule has 238 valence electrons. The van der Waals surface area contributed by atoms with Crippen LogP contribution in [0.5, 0.6) is 11.5 Å². The van der Waals surface area contributed by atoms with E-state index < -0.39 is 0 Å². The molecular weight excluding hydrogens is 624 g/mol. The fourth-order valence-electron chi connectivity index (χ4n) is 5.08. The first-order valence-electron chi connectivity index (χ1n) is 15.8. The zero-order valence-corrected chi connectivity index (χ0v) is 28.9. The highest BCUT2D eigenvalue weighted by Crippen LogP contribution is 2.32. The molecular formula is C35H51BrN2O4S. The lowest BCUT2D eigenvalue weighted by Crippen LogP contribution is -2.21. The van der Waals surface area contributed by atoms with Crippen LogP contribution < -0.4 is 14.8 Å². The van der Waals surface area contributed by atoms with Gasteiger partial charge in [-0.1, -0.05) is 95.8 Å². The number of carbonyl (C=O) groups excluding carboxylic acids is 2. The zero-order valence-electron chi connectivity index (χ0n) is 26.3. The number of allylic oxidation sites excluding steroid dienone is 1. The average Bonchev–Trinajstić information content (AvgIpc) is 3.38.